The average molecular weight is 875 g/mol. The smallest absolute Gasteiger partial charge is 0.316 e. The summed E-state index contributed by atoms with van der Waals surface area (Å²) < 4.78 is 42.9. The Morgan fingerprint density at radius 2 is 1.67 bits per heavy atom. The molecule has 0 amide bonds. The number of fused-ring (bicyclic) bond motifs is 1. The Hall–Kier alpha value is -5.70. The third kappa shape index (κ3) is 12.1. The van der Waals surface area contributed by atoms with E-state index in [-0.39, 0.29) is 30.2 Å². The topological polar surface area (TPSA) is 121 Å². The second-order valence-electron chi connectivity index (χ2n) is 16.8. The molecule has 0 spiro atoms. The summed E-state index contributed by atoms with van der Waals surface area (Å²) in [4.78, 5) is 19.4. The van der Waals surface area contributed by atoms with Crippen molar-refractivity contribution in [3.8, 4) is 22.9 Å². The van der Waals surface area contributed by atoms with Crippen LogP contribution < -0.4 is 18.5 Å². The van der Waals surface area contributed by atoms with Gasteiger partial charge in [0.1, 0.15) is 0 Å². The van der Waals surface area contributed by atoms with Crippen LogP contribution in [-0.4, -0.2) is 63.9 Å². The van der Waals surface area contributed by atoms with Crippen LogP contribution in [0, 0.1) is 44.7 Å². The van der Waals surface area contributed by atoms with Crippen LogP contribution in [-0.2, 0) is 20.7 Å². The highest BCUT2D eigenvalue weighted by molar-refractivity contribution is 7.82. The molecule has 13 nitrogen and oxygen atoms in total. The Morgan fingerprint density at radius 1 is 0.921 bits per heavy atom. The van der Waals surface area contributed by atoms with Gasteiger partial charge in [-0.1, -0.05) is 78.0 Å². The molecule has 1 aliphatic carbocycles. The summed E-state index contributed by atoms with van der Waals surface area (Å²) in [5.41, 5.74) is 4.78. The Bertz CT molecular complexity index is 2330. The number of hydrogen-bond acceptors (Lipinski definition) is 9. The molecule has 2 aliphatic rings. The van der Waals surface area contributed by atoms with Gasteiger partial charge in [0.25, 0.3) is 5.70 Å². The first-order valence-electron chi connectivity index (χ1n) is 22.4. The third-order valence-electron chi connectivity index (χ3n) is 11.7. The summed E-state index contributed by atoms with van der Waals surface area (Å²) in [6.45, 7) is 32.6. The minimum Gasteiger partial charge on any atom is -0.490 e. The maximum Gasteiger partial charge on any atom is 0.316 e. The zero-order valence-corrected chi connectivity index (χ0v) is 38.7. The first-order chi connectivity index (χ1) is 30.5. The van der Waals surface area contributed by atoms with Crippen LogP contribution in [0.1, 0.15) is 103 Å². The number of hydrogen-bond donors (Lipinski definition) is 1. The number of nitrogens with zero attached hydrogens (tertiary/aromatic N) is 7. The maximum atomic E-state index is 13.6. The van der Waals surface area contributed by atoms with Gasteiger partial charge in [0.15, 0.2) is 41.5 Å². The van der Waals surface area contributed by atoms with Crippen LogP contribution >= 0.6 is 0 Å². The zero-order chi connectivity index (χ0) is 44.9. The summed E-state index contributed by atoms with van der Waals surface area (Å²) in [7, 11) is 0. The lowest BCUT2D eigenvalue weighted by molar-refractivity contribution is -0.109. The van der Waals surface area contributed by atoms with Gasteiger partial charge < -0.3 is 28.1 Å². The fourth-order valence-electron chi connectivity index (χ4n) is 8.49. The monoisotopic (exact) mass is 874 g/mol. The number of rotatable bonds is 22. The lowest BCUT2D eigenvalue weighted by atomic mass is 9.75. The van der Waals surface area contributed by atoms with Gasteiger partial charge in [-0.25, -0.2) is 26.1 Å². The van der Waals surface area contributed by atoms with Crippen molar-refractivity contribution < 1.29 is 22.6 Å². The van der Waals surface area contributed by atoms with Crippen LogP contribution in [0.4, 0.5) is 17.1 Å². The summed E-state index contributed by atoms with van der Waals surface area (Å²) in [6, 6.07) is 19.0. The summed E-state index contributed by atoms with van der Waals surface area (Å²) in [5.74, 6) is 3.55. The van der Waals surface area contributed by atoms with E-state index in [9.17, 15) is 4.21 Å². The zero-order valence-electron chi connectivity index (χ0n) is 37.9. The summed E-state index contributed by atoms with van der Waals surface area (Å²) in [5, 5.41) is 4.89. The Kier molecular flexibility index (Phi) is 16.8. The molecule has 4 aromatic rings. The molecule has 2 heterocycles. The summed E-state index contributed by atoms with van der Waals surface area (Å²) >= 11 is -1.96. The predicted molar refractivity (Wildman–Crippen MR) is 252 cm³/mol. The van der Waals surface area contributed by atoms with E-state index in [2.05, 4.69) is 53.9 Å². The minimum atomic E-state index is -1.96. The Labute approximate surface area is 376 Å². The maximum absolute atomic E-state index is 13.6. The fraction of sp³-hybridized carbons (Fsp3) is 0.490. The number of anilines is 2. The van der Waals surface area contributed by atoms with E-state index in [1.807, 2.05) is 74.5 Å². The molecule has 3 aromatic carbocycles. The highest BCUT2D eigenvalue weighted by atomic mass is 32.2. The number of ether oxygens (including phenoxy) is 3. The standard InChI is InChI=1S/C49H62N8O5S/c1-10-12-13-14-15-16-27-59-42-24-17-33(3)30-43(42)62-63(58)55-41-31-38(19-18-35(41)5)47-53-49-46(61-32-60-45-36(6)28-34(4)29-37(45)7)44(51-9)48(57(49)54-47)52-39-20-22-40(23-21-39)56(11-2)26-25-50-8/h17-24,30-31,34,36-37,45,55H,10-16,25-29,32H2,1-7H3. The van der Waals surface area contributed by atoms with Crippen molar-refractivity contribution in [2.45, 2.75) is 106 Å². The van der Waals surface area contributed by atoms with Crippen molar-refractivity contribution in [1.29, 1.82) is 0 Å². The predicted octanol–water partition coefficient (Wildman–Crippen LogP) is 11.4. The van der Waals surface area contributed by atoms with Crippen LogP contribution in [0.15, 0.2) is 71.4 Å². The molecule has 0 radical (unpaired) electrons. The summed E-state index contributed by atoms with van der Waals surface area (Å²) in [6.07, 6.45) is 9.13. The van der Waals surface area contributed by atoms with E-state index in [0.29, 0.717) is 77.5 Å². The van der Waals surface area contributed by atoms with Crippen molar-refractivity contribution in [1.82, 2.24) is 14.8 Å². The van der Waals surface area contributed by atoms with Crippen molar-refractivity contribution in [3.05, 3.63) is 106 Å². The molecule has 0 bridgehead atoms. The van der Waals surface area contributed by atoms with Crippen LogP contribution in [0.5, 0.6) is 11.5 Å². The molecule has 3 atom stereocenters. The second kappa shape index (κ2) is 22.6. The van der Waals surface area contributed by atoms with Gasteiger partial charge in [0.2, 0.25) is 6.54 Å². The number of nitrogens with one attached hydrogen (secondary N) is 1. The quantitative estimate of drug-likeness (QED) is 0.0471. The van der Waals surface area contributed by atoms with Crippen molar-refractivity contribution in [2.75, 3.05) is 42.7 Å². The molecule has 1 saturated carbocycles. The van der Waals surface area contributed by atoms with E-state index in [0.717, 1.165) is 49.0 Å². The van der Waals surface area contributed by atoms with Crippen LogP contribution in [0.25, 0.3) is 26.8 Å². The van der Waals surface area contributed by atoms with Gasteiger partial charge in [0.05, 0.1) is 37.2 Å². The number of allylic oxidation sites excluding steroid dienone is 1. The normalized spacial score (nSPS) is 19.3. The largest absolute Gasteiger partial charge is 0.490 e. The molecule has 1 fully saturated rings. The minimum absolute atomic E-state index is 0.0281. The van der Waals surface area contributed by atoms with Crippen molar-refractivity contribution in [3.63, 3.8) is 0 Å². The van der Waals surface area contributed by atoms with Crippen molar-refractivity contribution >= 4 is 39.9 Å². The highest BCUT2D eigenvalue weighted by Crippen LogP contribution is 2.37. The number of likely N-dealkylation sites (N-methyl/N-ethyl adjacent to an activating group) is 1. The number of aromatic nitrogens is 3. The Morgan fingerprint density at radius 3 is 2.38 bits per heavy atom. The fourth-order valence-corrected chi connectivity index (χ4v) is 9.23. The molecular formula is C49H62N8O5S. The lowest BCUT2D eigenvalue weighted by Crippen LogP contribution is -2.36. The van der Waals surface area contributed by atoms with Gasteiger partial charge >= 0.3 is 11.3 Å². The van der Waals surface area contributed by atoms with Gasteiger partial charge in [-0.3, -0.25) is 4.72 Å². The first-order valence-corrected chi connectivity index (χ1v) is 23.4. The lowest BCUT2D eigenvalue weighted by Gasteiger charge is -2.37. The first kappa shape index (κ1) is 46.8. The van der Waals surface area contributed by atoms with Crippen LogP contribution in [0.2, 0.25) is 0 Å². The molecule has 1 aliphatic heterocycles. The molecule has 3 unspecified atom stereocenters. The van der Waals surface area contributed by atoms with Gasteiger partial charge in [-0.05, 0) is 111 Å². The van der Waals surface area contributed by atoms with Gasteiger partial charge in [-0.15, -0.1) is 5.10 Å². The number of unbranched alkanes of at least 4 members (excludes halogenated alkanes) is 5. The molecule has 63 heavy (non-hydrogen) atoms. The molecule has 334 valence electrons. The molecular weight excluding hydrogens is 813 g/mol. The molecule has 14 heteroatoms. The molecule has 1 aromatic heterocycles. The van der Waals surface area contributed by atoms with Gasteiger partial charge in [-0.2, -0.15) is 4.21 Å². The molecule has 0 saturated heterocycles. The number of benzene rings is 3. The Balaban J connectivity index is 1.24. The van der Waals surface area contributed by atoms with Gasteiger partial charge in [0, 0.05) is 17.8 Å². The van der Waals surface area contributed by atoms with Crippen molar-refractivity contribution in [2.24, 2.45) is 22.7 Å². The van der Waals surface area contributed by atoms with E-state index in [4.69, 9.17) is 46.6 Å². The van der Waals surface area contributed by atoms with E-state index < -0.39 is 11.3 Å². The van der Waals surface area contributed by atoms with E-state index in [1.165, 1.54) is 25.7 Å². The molecule has 6 rings (SSSR count). The van der Waals surface area contributed by atoms with Crippen LogP contribution in [0.3, 0.4) is 0 Å². The van der Waals surface area contributed by atoms with E-state index in [1.54, 1.807) is 4.68 Å². The average Bonchev–Trinajstić information content (AvgIpc) is 3.81. The second-order valence-corrected chi connectivity index (χ2v) is 17.7. The number of aryl methyl sites for hydroxylation is 2. The highest BCUT2D eigenvalue weighted by Gasteiger charge is 2.36. The van der Waals surface area contributed by atoms with E-state index >= 15 is 0 Å². The molecule has 1 N–H and O–H groups in total. The SMILES string of the molecule is [C-]#[N+]CCN(CC)c1ccc(N=C2C([N+]#[C-])=C(OCOC3C(C)CC(C)CC3C)c3nc(-c4ccc(C)c(NS(=O)Oc5cc(C)ccc5OCCCCCCCC)c4)nn32)cc1. The third-order valence-corrected chi connectivity index (χ3v) is 12.4. The number of aliphatic imine (C=N–C) groups is 1.